The predicted octanol–water partition coefficient (Wildman–Crippen LogP) is 6.50. The fraction of sp³-hybridized carbons (Fsp3) is 0.214. The second-order valence-electron chi connectivity index (χ2n) is 8.25. The van der Waals surface area contributed by atoms with Gasteiger partial charge in [0.1, 0.15) is 12.4 Å². The number of fused-ring (bicyclic) bond motifs is 1. The molecule has 1 aromatic heterocycles. The van der Waals surface area contributed by atoms with E-state index in [2.05, 4.69) is 34.0 Å². The van der Waals surface area contributed by atoms with Gasteiger partial charge in [-0.05, 0) is 48.4 Å². The molecule has 3 aromatic carbocycles. The smallest absolute Gasteiger partial charge is 0.282 e. The molecule has 7 nitrogen and oxygen atoms in total. The van der Waals surface area contributed by atoms with E-state index in [4.69, 9.17) is 26.1 Å². The average Bonchev–Trinajstić information content (AvgIpc) is 2.91. The molecule has 0 unspecified atom stereocenters. The minimum Gasteiger partial charge on any atom is -0.493 e. The number of aromatic nitrogens is 2. The highest BCUT2D eigenvalue weighted by atomic mass is 79.9. The van der Waals surface area contributed by atoms with Crippen molar-refractivity contribution in [1.82, 2.24) is 9.66 Å². The lowest BCUT2D eigenvalue weighted by Crippen LogP contribution is -2.22. The van der Waals surface area contributed by atoms with Gasteiger partial charge in [-0.2, -0.15) is 15.0 Å². The molecule has 0 aliphatic carbocycles. The van der Waals surface area contributed by atoms with Gasteiger partial charge in [0.25, 0.3) is 5.56 Å². The molecule has 0 amide bonds. The second kappa shape index (κ2) is 12.0. The molecule has 0 aliphatic heterocycles. The molecule has 0 fully saturated rings. The van der Waals surface area contributed by atoms with Crippen LogP contribution in [0.1, 0.15) is 42.3 Å². The Morgan fingerprint density at radius 3 is 2.78 bits per heavy atom. The van der Waals surface area contributed by atoms with Gasteiger partial charge in [-0.15, -0.1) is 0 Å². The molecule has 4 rings (SSSR count). The molecule has 0 bridgehead atoms. The van der Waals surface area contributed by atoms with Crippen molar-refractivity contribution < 1.29 is 9.47 Å². The van der Waals surface area contributed by atoms with Gasteiger partial charge in [-0.25, -0.2) is 4.98 Å². The Labute approximate surface area is 228 Å². The first-order valence-corrected chi connectivity index (χ1v) is 12.9. The van der Waals surface area contributed by atoms with Crippen LogP contribution < -0.4 is 15.0 Å². The van der Waals surface area contributed by atoms with E-state index in [0.29, 0.717) is 50.8 Å². The molecule has 0 atom stereocenters. The van der Waals surface area contributed by atoms with Gasteiger partial charge in [0.05, 0.1) is 40.9 Å². The van der Waals surface area contributed by atoms with E-state index in [1.165, 1.54) is 11.8 Å². The molecule has 0 spiro atoms. The molecular formula is C28H24BrClN4O3. The summed E-state index contributed by atoms with van der Waals surface area (Å²) in [4.78, 5) is 18.0. The maximum absolute atomic E-state index is 13.3. The first kappa shape index (κ1) is 26.4. The minimum atomic E-state index is -0.247. The summed E-state index contributed by atoms with van der Waals surface area (Å²) in [6.45, 7) is 2.24. The van der Waals surface area contributed by atoms with Crippen LogP contribution in [0, 0.1) is 11.3 Å². The zero-order valence-corrected chi connectivity index (χ0v) is 22.7. The van der Waals surface area contributed by atoms with Gasteiger partial charge in [0.15, 0.2) is 11.5 Å². The van der Waals surface area contributed by atoms with E-state index in [9.17, 15) is 10.1 Å². The summed E-state index contributed by atoms with van der Waals surface area (Å²) in [6.07, 6.45) is 4.01. The summed E-state index contributed by atoms with van der Waals surface area (Å²) < 4.78 is 13.6. The Hall–Kier alpha value is -3.67. The van der Waals surface area contributed by atoms with Crippen molar-refractivity contribution in [2.75, 3.05) is 7.11 Å². The maximum atomic E-state index is 13.3. The van der Waals surface area contributed by atoms with Crippen LogP contribution in [0.2, 0.25) is 5.02 Å². The molecule has 0 N–H and O–H groups in total. The second-order valence-corrected chi connectivity index (χ2v) is 9.57. The number of hydrogen-bond donors (Lipinski definition) is 0. The minimum absolute atomic E-state index is 0.155. The van der Waals surface area contributed by atoms with Gasteiger partial charge in [0, 0.05) is 16.5 Å². The lowest BCUT2D eigenvalue weighted by molar-refractivity contribution is 0.284. The molecule has 0 radical (unpaired) electrons. The van der Waals surface area contributed by atoms with Gasteiger partial charge in [-0.3, -0.25) is 4.79 Å². The number of unbranched alkanes of at least 4 members (excludes halogenated alkanes) is 1. The van der Waals surface area contributed by atoms with Crippen molar-refractivity contribution in [1.29, 1.82) is 5.26 Å². The van der Waals surface area contributed by atoms with Crippen molar-refractivity contribution >= 4 is 44.6 Å². The number of halogens is 2. The van der Waals surface area contributed by atoms with Crippen LogP contribution in [0.4, 0.5) is 0 Å². The molecule has 37 heavy (non-hydrogen) atoms. The largest absolute Gasteiger partial charge is 0.493 e. The molecule has 0 saturated heterocycles. The zero-order valence-electron chi connectivity index (χ0n) is 20.4. The van der Waals surface area contributed by atoms with Crippen LogP contribution in [-0.4, -0.2) is 23.0 Å². The van der Waals surface area contributed by atoms with Crippen molar-refractivity contribution in [3.05, 3.63) is 97.0 Å². The molecular weight excluding hydrogens is 556 g/mol. The van der Waals surface area contributed by atoms with Crippen LogP contribution in [-0.2, 0) is 13.0 Å². The molecule has 188 valence electrons. The number of benzene rings is 3. The van der Waals surface area contributed by atoms with E-state index in [1.807, 2.05) is 24.3 Å². The quantitative estimate of drug-likeness (QED) is 0.211. The number of rotatable bonds is 9. The van der Waals surface area contributed by atoms with Gasteiger partial charge < -0.3 is 9.47 Å². The number of nitriles is 1. The number of nitrogens with zero attached hydrogens (tertiary/aromatic N) is 4. The van der Waals surface area contributed by atoms with E-state index >= 15 is 0 Å². The highest BCUT2D eigenvalue weighted by molar-refractivity contribution is 9.10. The average molecular weight is 580 g/mol. The van der Waals surface area contributed by atoms with Crippen LogP contribution >= 0.6 is 27.5 Å². The number of methoxy groups -OCH3 is 1. The van der Waals surface area contributed by atoms with E-state index in [1.54, 1.807) is 36.5 Å². The first-order valence-electron chi connectivity index (χ1n) is 11.7. The number of aryl methyl sites for hydroxylation is 1. The lowest BCUT2D eigenvalue weighted by Gasteiger charge is -2.14. The number of ether oxygens (including phenoxy) is 2. The summed E-state index contributed by atoms with van der Waals surface area (Å²) in [7, 11) is 1.52. The van der Waals surface area contributed by atoms with Crippen molar-refractivity contribution in [2.45, 2.75) is 32.8 Å². The zero-order chi connectivity index (χ0) is 26.4. The number of hydrogen-bond acceptors (Lipinski definition) is 6. The van der Waals surface area contributed by atoms with Crippen molar-refractivity contribution in [2.24, 2.45) is 5.10 Å². The third-order valence-electron chi connectivity index (χ3n) is 5.71. The molecule has 1 heterocycles. The molecule has 0 aliphatic rings. The molecule has 9 heteroatoms. The third-order valence-corrected chi connectivity index (χ3v) is 6.49. The van der Waals surface area contributed by atoms with Crippen LogP contribution in [0.25, 0.3) is 10.9 Å². The summed E-state index contributed by atoms with van der Waals surface area (Å²) in [6, 6.07) is 18.2. The predicted molar refractivity (Wildman–Crippen MR) is 149 cm³/mol. The standard InChI is InChI=1S/C28H24BrClN4O3/c1-3-4-9-26-33-24-11-10-21(29)14-22(24)28(35)34(26)32-16-18-12-23(30)27(25(13-18)36-2)37-17-20-8-6-5-7-19(20)15-31/h5-8,10-14,16H,3-4,9,17H2,1-2H3. The van der Waals surface area contributed by atoms with E-state index in [-0.39, 0.29) is 12.2 Å². The van der Waals surface area contributed by atoms with Crippen LogP contribution in [0.15, 0.2) is 69.0 Å². The Kier molecular flexibility index (Phi) is 8.59. The highest BCUT2D eigenvalue weighted by Crippen LogP contribution is 2.36. The summed E-state index contributed by atoms with van der Waals surface area (Å²) in [5, 5.41) is 14.6. The Balaban J connectivity index is 1.68. The molecule has 0 saturated carbocycles. The fourth-order valence-corrected chi connectivity index (χ4v) is 4.43. The van der Waals surface area contributed by atoms with Gasteiger partial charge >= 0.3 is 0 Å². The van der Waals surface area contributed by atoms with Gasteiger partial charge in [-0.1, -0.05) is 59.1 Å². The van der Waals surface area contributed by atoms with Gasteiger partial charge in [0.2, 0.25) is 0 Å². The third kappa shape index (κ3) is 6.01. The van der Waals surface area contributed by atoms with E-state index < -0.39 is 0 Å². The van der Waals surface area contributed by atoms with Crippen molar-refractivity contribution in [3.63, 3.8) is 0 Å². The normalized spacial score (nSPS) is 11.1. The topological polar surface area (TPSA) is 89.5 Å². The van der Waals surface area contributed by atoms with Crippen molar-refractivity contribution in [3.8, 4) is 17.6 Å². The monoisotopic (exact) mass is 578 g/mol. The van der Waals surface area contributed by atoms with E-state index in [0.717, 1.165) is 22.9 Å². The van der Waals surface area contributed by atoms with Crippen LogP contribution in [0.3, 0.4) is 0 Å². The Bertz CT molecular complexity index is 1580. The highest BCUT2D eigenvalue weighted by Gasteiger charge is 2.14. The summed E-state index contributed by atoms with van der Waals surface area (Å²) in [5.74, 6) is 1.35. The summed E-state index contributed by atoms with van der Waals surface area (Å²) >= 11 is 9.97. The first-order chi connectivity index (χ1) is 17.9. The SMILES string of the molecule is CCCCc1nc2ccc(Br)cc2c(=O)n1N=Cc1cc(Cl)c(OCc2ccccc2C#N)c(OC)c1. The lowest BCUT2D eigenvalue weighted by atomic mass is 10.1. The Morgan fingerprint density at radius 2 is 2.03 bits per heavy atom. The fourth-order valence-electron chi connectivity index (χ4n) is 3.79. The maximum Gasteiger partial charge on any atom is 0.282 e. The van der Waals surface area contributed by atoms with Crippen LogP contribution in [0.5, 0.6) is 11.5 Å². The molecule has 4 aromatic rings. The summed E-state index contributed by atoms with van der Waals surface area (Å²) in [5.41, 5.74) is 2.27. The Morgan fingerprint density at radius 1 is 1.22 bits per heavy atom.